The van der Waals surface area contributed by atoms with Crippen LogP contribution in [0.5, 0.6) is 5.75 Å². The summed E-state index contributed by atoms with van der Waals surface area (Å²) in [4.78, 5) is 26.5. The van der Waals surface area contributed by atoms with Crippen LogP contribution < -0.4 is 10.1 Å². The molecule has 1 N–H and O–H groups in total. The van der Waals surface area contributed by atoms with Gasteiger partial charge in [0.15, 0.2) is 0 Å². The molecule has 1 aliphatic rings. The zero-order valence-corrected chi connectivity index (χ0v) is 17.4. The molecule has 0 unspecified atom stereocenters. The van der Waals surface area contributed by atoms with Crippen molar-refractivity contribution >= 4 is 11.8 Å². The first kappa shape index (κ1) is 21.8. The highest BCUT2D eigenvalue weighted by Crippen LogP contribution is 2.19. The average Bonchev–Trinajstić information content (AvgIpc) is 2.76. The van der Waals surface area contributed by atoms with Gasteiger partial charge in [-0.15, -0.1) is 0 Å². The molecule has 0 saturated carbocycles. The first-order valence-corrected chi connectivity index (χ1v) is 10.5. The van der Waals surface area contributed by atoms with Crippen LogP contribution in [-0.2, 0) is 22.4 Å². The Hall–Kier alpha value is -2.89. The Labute approximate surface area is 177 Å². The standard InChI is InChI=1S/C24H29FN2O3/c1-30-22-10-7-18(8-11-22)5-3-14-26-24(29)20-9-12-23(28)27(17-20)15-13-19-4-2-6-21(25)16-19/h2,4,6-8,10-11,16,20H,3,5,9,12-15,17H2,1H3,(H,26,29)/t20-/m1/s1. The van der Waals surface area contributed by atoms with Crippen molar-refractivity contribution in [1.82, 2.24) is 10.2 Å². The van der Waals surface area contributed by atoms with E-state index in [-0.39, 0.29) is 23.5 Å². The SMILES string of the molecule is COc1ccc(CCCNC(=O)[C@@H]2CCC(=O)N(CCc3cccc(F)c3)C2)cc1. The van der Waals surface area contributed by atoms with Crippen molar-refractivity contribution < 1.29 is 18.7 Å². The van der Waals surface area contributed by atoms with Crippen molar-refractivity contribution in [2.45, 2.75) is 32.1 Å². The fourth-order valence-electron chi connectivity index (χ4n) is 3.74. The summed E-state index contributed by atoms with van der Waals surface area (Å²) in [7, 11) is 1.64. The van der Waals surface area contributed by atoms with Crippen molar-refractivity contribution in [2.24, 2.45) is 5.92 Å². The highest BCUT2D eigenvalue weighted by molar-refractivity contribution is 5.83. The number of hydrogen-bond acceptors (Lipinski definition) is 3. The number of benzene rings is 2. The maximum absolute atomic E-state index is 13.3. The van der Waals surface area contributed by atoms with Crippen LogP contribution in [0.25, 0.3) is 0 Å². The highest BCUT2D eigenvalue weighted by Gasteiger charge is 2.29. The molecule has 2 aromatic carbocycles. The van der Waals surface area contributed by atoms with Crippen LogP contribution in [0.4, 0.5) is 4.39 Å². The highest BCUT2D eigenvalue weighted by atomic mass is 19.1. The molecule has 0 spiro atoms. The lowest BCUT2D eigenvalue weighted by Crippen LogP contribution is -2.46. The maximum Gasteiger partial charge on any atom is 0.224 e. The molecular weight excluding hydrogens is 383 g/mol. The summed E-state index contributed by atoms with van der Waals surface area (Å²) >= 11 is 0. The zero-order chi connectivity index (χ0) is 21.3. The van der Waals surface area contributed by atoms with E-state index >= 15 is 0 Å². The number of piperidine rings is 1. The summed E-state index contributed by atoms with van der Waals surface area (Å²) in [5.41, 5.74) is 2.06. The Morgan fingerprint density at radius 1 is 1.17 bits per heavy atom. The second-order valence-corrected chi connectivity index (χ2v) is 7.70. The number of rotatable bonds is 9. The van der Waals surface area contributed by atoms with Crippen molar-refractivity contribution in [3.05, 3.63) is 65.5 Å². The first-order chi connectivity index (χ1) is 14.5. The smallest absolute Gasteiger partial charge is 0.224 e. The van der Waals surface area contributed by atoms with Gasteiger partial charge in [-0.25, -0.2) is 4.39 Å². The van der Waals surface area contributed by atoms with E-state index in [0.29, 0.717) is 38.9 Å². The van der Waals surface area contributed by atoms with Crippen molar-refractivity contribution in [3.63, 3.8) is 0 Å². The molecule has 1 atom stereocenters. The Bertz CT molecular complexity index is 854. The molecule has 1 saturated heterocycles. The van der Waals surface area contributed by atoms with Gasteiger partial charge in [-0.2, -0.15) is 0 Å². The fourth-order valence-corrected chi connectivity index (χ4v) is 3.74. The average molecular weight is 413 g/mol. The number of ether oxygens (including phenoxy) is 1. The molecule has 5 nitrogen and oxygen atoms in total. The molecule has 6 heteroatoms. The number of nitrogens with one attached hydrogen (secondary N) is 1. The Balaban J connectivity index is 1.41. The fraction of sp³-hybridized carbons (Fsp3) is 0.417. The van der Waals surface area contributed by atoms with Crippen LogP contribution in [0.1, 0.15) is 30.4 Å². The van der Waals surface area contributed by atoms with Crippen molar-refractivity contribution in [3.8, 4) is 5.75 Å². The molecule has 1 aliphatic heterocycles. The van der Waals surface area contributed by atoms with Gasteiger partial charge in [0.05, 0.1) is 13.0 Å². The quantitative estimate of drug-likeness (QED) is 0.643. The summed E-state index contributed by atoms with van der Waals surface area (Å²) in [5.74, 6) is 0.448. The molecule has 2 amide bonds. The number of nitrogens with zero attached hydrogens (tertiary/aromatic N) is 1. The number of likely N-dealkylation sites (tertiary alicyclic amines) is 1. The van der Waals surface area contributed by atoms with Gasteiger partial charge in [0, 0.05) is 26.1 Å². The summed E-state index contributed by atoms with van der Waals surface area (Å²) in [6.07, 6.45) is 3.28. The predicted octanol–water partition coefficient (Wildman–Crippen LogP) is 3.36. The summed E-state index contributed by atoms with van der Waals surface area (Å²) in [5, 5.41) is 3.01. The molecule has 0 bridgehead atoms. The van der Waals surface area contributed by atoms with Gasteiger partial charge in [0.1, 0.15) is 11.6 Å². The van der Waals surface area contributed by atoms with E-state index in [2.05, 4.69) is 5.32 Å². The topological polar surface area (TPSA) is 58.6 Å². The van der Waals surface area contributed by atoms with E-state index in [9.17, 15) is 14.0 Å². The number of methoxy groups -OCH3 is 1. The summed E-state index contributed by atoms with van der Waals surface area (Å²) in [6, 6.07) is 14.4. The number of amides is 2. The van der Waals surface area contributed by atoms with E-state index < -0.39 is 0 Å². The molecule has 160 valence electrons. The summed E-state index contributed by atoms with van der Waals surface area (Å²) in [6.45, 7) is 1.54. The van der Waals surface area contributed by atoms with E-state index in [1.807, 2.05) is 30.3 Å². The maximum atomic E-state index is 13.3. The van der Waals surface area contributed by atoms with E-state index in [0.717, 1.165) is 24.2 Å². The second-order valence-electron chi connectivity index (χ2n) is 7.70. The third-order valence-corrected chi connectivity index (χ3v) is 5.53. The van der Waals surface area contributed by atoms with Crippen molar-refractivity contribution in [1.29, 1.82) is 0 Å². The Kier molecular flexibility index (Phi) is 7.82. The van der Waals surface area contributed by atoms with Crippen LogP contribution in [0.3, 0.4) is 0 Å². The second kappa shape index (κ2) is 10.8. The molecule has 1 fully saturated rings. The molecule has 0 radical (unpaired) electrons. The number of carbonyl (C=O) groups excluding carboxylic acids is 2. The minimum absolute atomic E-state index is 0.00739. The molecule has 0 aromatic heterocycles. The first-order valence-electron chi connectivity index (χ1n) is 10.5. The minimum Gasteiger partial charge on any atom is -0.497 e. The normalized spacial score (nSPS) is 16.4. The Morgan fingerprint density at radius 2 is 1.97 bits per heavy atom. The van der Waals surface area contributed by atoms with Crippen molar-refractivity contribution in [2.75, 3.05) is 26.7 Å². The van der Waals surface area contributed by atoms with Crippen LogP contribution in [0.15, 0.2) is 48.5 Å². The minimum atomic E-state index is -0.274. The van der Waals surface area contributed by atoms with Gasteiger partial charge < -0.3 is 15.0 Å². The summed E-state index contributed by atoms with van der Waals surface area (Å²) < 4.78 is 18.5. The van der Waals surface area contributed by atoms with E-state index in [1.54, 1.807) is 18.1 Å². The van der Waals surface area contributed by atoms with Gasteiger partial charge in [0.25, 0.3) is 0 Å². The number of carbonyl (C=O) groups is 2. The van der Waals surface area contributed by atoms with Gasteiger partial charge in [-0.1, -0.05) is 24.3 Å². The lowest BCUT2D eigenvalue weighted by atomic mass is 9.96. The van der Waals surface area contributed by atoms with Crippen LogP contribution in [0, 0.1) is 11.7 Å². The van der Waals surface area contributed by atoms with E-state index in [1.165, 1.54) is 17.7 Å². The van der Waals surface area contributed by atoms with Crippen LogP contribution in [-0.4, -0.2) is 43.5 Å². The van der Waals surface area contributed by atoms with Gasteiger partial charge in [-0.05, 0) is 61.1 Å². The van der Waals surface area contributed by atoms with Gasteiger partial charge >= 0.3 is 0 Å². The molecular formula is C24H29FN2O3. The predicted molar refractivity (Wildman–Crippen MR) is 114 cm³/mol. The van der Waals surface area contributed by atoms with Gasteiger partial charge in [0.2, 0.25) is 11.8 Å². The number of hydrogen-bond donors (Lipinski definition) is 1. The monoisotopic (exact) mass is 412 g/mol. The zero-order valence-electron chi connectivity index (χ0n) is 17.4. The molecule has 1 heterocycles. The largest absolute Gasteiger partial charge is 0.497 e. The van der Waals surface area contributed by atoms with Crippen LogP contribution >= 0.6 is 0 Å². The van der Waals surface area contributed by atoms with Crippen LogP contribution in [0.2, 0.25) is 0 Å². The number of halogens is 1. The third kappa shape index (κ3) is 6.31. The Morgan fingerprint density at radius 3 is 2.70 bits per heavy atom. The lowest BCUT2D eigenvalue weighted by molar-refractivity contribution is -0.138. The number of aryl methyl sites for hydroxylation is 1. The lowest BCUT2D eigenvalue weighted by Gasteiger charge is -2.32. The molecule has 3 rings (SSSR count). The van der Waals surface area contributed by atoms with E-state index in [4.69, 9.17) is 4.74 Å². The van der Waals surface area contributed by atoms with Gasteiger partial charge in [-0.3, -0.25) is 9.59 Å². The third-order valence-electron chi connectivity index (χ3n) is 5.53. The molecule has 0 aliphatic carbocycles. The molecule has 30 heavy (non-hydrogen) atoms. The molecule has 2 aromatic rings.